The summed E-state index contributed by atoms with van der Waals surface area (Å²) in [5.41, 5.74) is 1.47. The average Bonchev–Trinajstić information content (AvgIpc) is 3.03. The van der Waals surface area contributed by atoms with Crippen molar-refractivity contribution in [3.63, 3.8) is 0 Å². The summed E-state index contributed by atoms with van der Waals surface area (Å²) in [6, 6.07) is 14.2. The highest BCUT2D eigenvalue weighted by Crippen LogP contribution is 2.21. The summed E-state index contributed by atoms with van der Waals surface area (Å²) < 4.78 is 20.3. The van der Waals surface area contributed by atoms with Crippen LogP contribution in [0.4, 0.5) is 4.39 Å². The van der Waals surface area contributed by atoms with E-state index in [1.807, 2.05) is 37.3 Å². The first-order valence-electron chi connectivity index (χ1n) is 7.19. The number of hydrogen-bond acceptors (Lipinski definition) is 4. The van der Waals surface area contributed by atoms with Gasteiger partial charge in [0.25, 0.3) is 0 Å². The lowest BCUT2D eigenvalue weighted by Crippen LogP contribution is -2.19. The highest BCUT2D eigenvalue weighted by atomic mass is 79.9. The predicted octanol–water partition coefficient (Wildman–Crippen LogP) is 4.49. The molecule has 0 saturated carbocycles. The molecular weight excluding hydrogens is 361 g/mol. The molecule has 1 unspecified atom stereocenters. The average molecular weight is 376 g/mol. The van der Waals surface area contributed by atoms with Gasteiger partial charge in [-0.3, -0.25) is 0 Å². The summed E-state index contributed by atoms with van der Waals surface area (Å²) in [5.74, 6) is 0.701. The normalized spacial score (nSPS) is 12.3. The third kappa shape index (κ3) is 3.83. The molecule has 1 atom stereocenters. The van der Waals surface area contributed by atoms with Gasteiger partial charge in [0.15, 0.2) is 0 Å². The Balaban J connectivity index is 1.65. The summed E-state index contributed by atoms with van der Waals surface area (Å²) in [4.78, 5) is 0. The van der Waals surface area contributed by atoms with Gasteiger partial charge in [0.05, 0.1) is 6.54 Å². The molecule has 6 heteroatoms. The van der Waals surface area contributed by atoms with Crippen LogP contribution in [0.25, 0.3) is 11.5 Å². The molecule has 3 rings (SSSR count). The van der Waals surface area contributed by atoms with Crippen LogP contribution >= 0.6 is 15.9 Å². The molecule has 0 aliphatic rings. The van der Waals surface area contributed by atoms with Crippen LogP contribution in [0.2, 0.25) is 0 Å². The Morgan fingerprint density at radius 3 is 2.61 bits per heavy atom. The number of nitrogens with one attached hydrogen (secondary N) is 1. The Labute approximate surface area is 141 Å². The molecule has 0 bridgehead atoms. The molecule has 23 heavy (non-hydrogen) atoms. The van der Waals surface area contributed by atoms with Crippen molar-refractivity contribution in [1.29, 1.82) is 0 Å². The molecule has 0 saturated heterocycles. The molecule has 1 N–H and O–H groups in total. The lowest BCUT2D eigenvalue weighted by molar-refractivity contribution is 0.447. The van der Waals surface area contributed by atoms with Crippen molar-refractivity contribution in [2.24, 2.45) is 0 Å². The molecule has 1 heterocycles. The van der Waals surface area contributed by atoms with Crippen molar-refractivity contribution in [2.75, 3.05) is 0 Å². The van der Waals surface area contributed by atoms with Crippen LogP contribution in [-0.2, 0) is 6.54 Å². The van der Waals surface area contributed by atoms with Crippen molar-refractivity contribution in [1.82, 2.24) is 15.5 Å². The van der Waals surface area contributed by atoms with Crippen LogP contribution in [0.3, 0.4) is 0 Å². The summed E-state index contributed by atoms with van der Waals surface area (Å²) in [7, 11) is 0. The SMILES string of the molecule is CC(NCc1nnc(-c2ccc(Br)cc2)o1)c1ccccc1F. The van der Waals surface area contributed by atoms with Crippen molar-refractivity contribution in [3.8, 4) is 11.5 Å². The fraction of sp³-hybridized carbons (Fsp3) is 0.176. The van der Waals surface area contributed by atoms with Crippen LogP contribution in [0.1, 0.15) is 24.4 Å². The molecule has 118 valence electrons. The van der Waals surface area contributed by atoms with Crippen LogP contribution < -0.4 is 5.32 Å². The van der Waals surface area contributed by atoms with E-state index < -0.39 is 0 Å². The molecule has 0 radical (unpaired) electrons. The third-order valence-electron chi connectivity index (χ3n) is 3.49. The Morgan fingerprint density at radius 1 is 1.13 bits per heavy atom. The van der Waals surface area contributed by atoms with Crippen LogP contribution in [0.5, 0.6) is 0 Å². The van der Waals surface area contributed by atoms with Gasteiger partial charge in [-0.05, 0) is 37.3 Å². The highest BCUT2D eigenvalue weighted by molar-refractivity contribution is 9.10. The second kappa shape index (κ2) is 7.02. The van der Waals surface area contributed by atoms with E-state index in [0.717, 1.165) is 10.0 Å². The minimum absolute atomic E-state index is 0.153. The number of rotatable bonds is 5. The first kappa shape index (κ1) is 15.8. The number of hydrogen-bond donors (Lipinski definition) is 1. The Bertz CT molecular complexity index is 789. The van der Waals surface area contributed by atoms with Gasteiger partial charge in [0.2, 0.25) is 11.8 Å². The smallest absolute Gasteiger partial charge is 0.247 e. The van der Waals surface area contributed by atoms with Crippen molar-refractivity contribution in [3.05, 3.63) is 70.3 Å². The maximum atomic E-state index is 13.7. The maximum Gasteiger partial charge on any atom is 0.247 e. The van der Waals surface area contributed by atoms with Crippen molar-refractivity contribution >= 4 is 15.9 Å². The van der Waals surface area contributed by atoms with Gasteiger partial charge in [0.1, 0.15) is 5.82 Å². The molecule has 0 spiro atoms. The largest absolute Gasteiger partial charge is 0.419 e. The molecular formula is C17H15BrFN3O. The fourth-order valence-corrected chi connectivity index (χ4v) is 2.48. The standard InChI is InChI=1S/C17H15BrFN3O/c1-11(14-4-2-3-5-15(14)19)20-10-16-21-22-17(23-16)12-6-8-13(18)9-7-12/h2-9,11,20H,10H2,1H3. The molecule has 0 amide bonds. The van der Waals surface area contributed by atoms with E-state index in [-0.39, 0.29) is 11.9 Å². The van der Waals surface area contributed by atoms with Crippen LogP contribution in [0.15, 0.2) is 57.4 Å². The van der Waals surface area contributed by atoms with E-state index in [2.05, 4.69) is 31.4 Å². The molecule has 0 fully saturated rings. The first-order valence-corrected chi connectivity index (χ1v) is 7.99. The van der Waals surface area contributed by atoms with Crippen LogP contribution in [-0.4, -0.2) is 10.2 Å². The zero-order valence-corrected chi connectivity index (χ0v) is 14.0. The maximum absolute atomic E-state index is 13.7. The Morgan fingerprint density at radius 2 is 1.87 bits per heavy atom. The van der Waals surface area contributed by atoms with Gasteiger partial charge in [-0.25, -0.2) is 4.39 Å². The number of aromatic nitrogens is 2. The van der Waals surface area contributed by atoms with E-state index in [0.29, 0.717) is 23.9 Å². The van der Waals surface area contributed by atoms with Gasteiger partial charge in [-0.2, -0.15) is 0 Å². The molecule has 0 aliphatic heterocycles. The van der Waals surface area contributed by atoms with E-state index in [1.54, 1.807) is 12.1 Å². The first-order chi connectivity index (χ1) is 11.1. The Kier molecular flexibility index (Phi) is 4.83. The van der Waals surface area contributed by atoms with Gasteiger partial charge in [-0.1, -0.05) is 34.1 Å². The summed E-state index contributed by atoms with van der Waals surface area (Å²) >= 11 is 3.38. The molecule has 1 aromatic heterocycles. The van der Waals surface area contributed by atoms with E-state index in [4.69, 9.17) is 4.42 Å². The minimum Gasteiger partial charge on any atom is -0.419 e. The van der Waals surface area contributed by atoms with Gasteiger partial charge < -0.3 is 9.73 Å². The van der Waals surface area contributed by atoms with E-state index in [9.17, 15) is 4.39 Å². The molecule has 3 aromatic rings. The topological polar surface area (TPSA) is 51.0 Å². The molecule has 4 nitrogen and oxygen atoms in total. The summed E-state index contributed by atoms with van der Waals surface area (Å²) in [6.45, 7) is 2.27. The molecule has 2 aromatic carbocycles. The lowest BCUT2D eigenvalue weighted by Gasteiger charge is -2.13. The zero-order valence-electron chi connectivity index (χ0n) is 12.5. The number of halogens is 2. The Hall–Kier alpha value is -2.05. The second-order valence-corrected chi connectivity index (χ2v) is 6.05. The van der Waals surface area contributed by atoms with Gasteiger partial charge >= 0.3 is 0 Å². The van der Waals surface area contributed by atoms with Crippen molar-refractivity contribution < 1.29 is 8.81 Å². The van der Waals surface area contributed by atoms with Gasteiger partial charge in [0, 0.05) is 21.6 Å². The van der Waals surface area contributed by atoms with E-state index in [1.165, 1.54) is 6.07 Å². The van der Waals surface area contributed by atoms with Gasteiger partial charge in [-0.15, -0.1) is 10.2 Å². The fourth-order valence-electron chi connectivity index (χ4n) is 2.21. The lowest BCUT2D eigenvalue weighted by atomic mass is 10.1. The number of benzene rings is 2. The second-order valence-electron chi connectivity index (χ2n) is 5.13. The third-order valence-corrected chi connectivity index (χ3v) is 4.02. The zero-order chi connectivity index (χ0) is 16.2. The van der Waals surface area contributed by atoms with Crippen LogP contribution in [0, 0.1) is 5.82 Å². The quantitative estimate of drug-likeness (QED) is 0.713. The number of nitrogens with zero attached hydrogens (tertiary/aromatic N) is 2. The summed E-state index contributed by atoms with van der Waals surface area (Å²) in [5, 5.41) is 11.2. The predicted molar refractivity (Wildman–Crippen MR) is 89.1 cm³/mol. The van der Waals surface area contributed by atoms with Crippen molar-refractivity contribution in [2.45, 2.75) is 19.5 Å². The monoisotopic (exact) mass is 375 g/mol. The van der Waals surface area contributed by atoms with E-state index >= 15 is 0 Å². The molecule has 0 aliphatic carbocycles. The highest BCUT2D eigenvalue weighted by Gasteiger charge is 2.12. The minimum atomic E-state index is -0.228. The summed E-state index contributed by atoms with van der Waals surface area (Å²) in [6.07, 6.45) is 0.